The number of carbonyl (C=O) groups excluding carboxylic acids is 2. The Hall–Kier alpha value is -3.86. The van der Waals surface area contributed by atoms with Gasteiger partial charge in [0.15, 0.2) is 11.5 Å². The Kier molecular flexibility index (Phi) is 7.12. The molecule has 1 heterocycles. The lowest BCUT2D eigenvalue weighted by Crippen LogP contribution is -2.36. The van der Waals surface area contributed by atoms with Crippen molar-refractivity contribution in [2.45, 2.75) is 33.7 Å². The smallest absolute Gasteiger partial charge is 0.294 e. The SMILES string of the molecule is Cc1cccc(CN2C(=O)/C(=C\c3ccc(C(=O)NCCC(C)C)cc3)Oc3ccccc32)c1. The summed E-state index contributed by atoms with van der Waals surface area (Å²) in [6.07, 6.45) is 2.66. The second-order valence-corrected chi connectivity index (χ2v) is 9.02. The van der Waals surface area contributed by atoms with Gasteiger partial charge in [0.05, 0.1) is 12.2 Å². The van der Waals surface area contributed by atoms with E-state index in [1.165, 1.54) is 0 Å². The lowest BCUT2D eigenvalue weighted by Gasteiger charge is -2.30. The Morgan fingerprint density at radius 2 is 1.79 bits per heavy atom. The van der Waals surface area contributed by atoms with Crippen LogP contribution in [-0.2, 0) is 11.3 Å². The Bertz CT molecular complexity index is 1210. The number of hydrogen-bond acceptors (Lipinski definition) is 3. The van der Waals surface area contributed by atoms with E-state index in [2.05, 4.69) is 25.2 Å². The van der Waals surface area contributed by atoms with Crippen molar-refractivity contribution < 1.29 is 14.3 Å². The second-order valence-electron chi connectivity index (χ2n) is 9.02. The van der Waals surface area contributed by atoms with Gasteiger partial charge < -0.3 is 10.1 Å². The van der Waals surface area contributed by atoms with Crippen molar-refractivity contribution >= 4 is 23.6 Å². The molecular formula is C29H30N2O3. The number of rotatable bonds is 7. The fraction of sp³-hybridized carbons (Fsp3) is 0.241. The predicted molar refractivity (Wildman–Crippen MR) is 136 cm³/mol. The van der Waals surface area contributed by atoms with Crippen LogP contribution in [0.25, 0.3) is 6.08 Å². The van der Waals surface area contributed by atoms with E-state index in [1.807, 2.05) is 61.5 Å². The summed E-state index contributed by atoms with van der Waals surface area (Å²) in [5.41, 5.74) is 4.33. The van der Waals surface area contributed by atoms with Crippen molar-refractivity contribution in [2.24, 2.45) is 5.92 Å². The average Bonchev–Trinajstić information content (AvgIpc) is 2.82. The number of benzene rings is 3. The second kappa shape index (κ2) is 10.4. The van der Waals surface area contributed by atoms with Crippen molar-refractivity contribution in [3.63, 3.8) is 0 Å². The fourth-order valence-corrected chi connectivity index (χ4v) is 3.87. The van der Waals surface area contributed by atoms with Crippen molar-refractivity contribution in [3.8, 4) is 5.75 Å². The third kappa shape index (κ3) is 5.54. The van der Waals surface area contributed by atoms with Gasteiger partial charge in [0.25, 0.3) is 11.8 Å². The van der Waals surface area contributed by atoms with Gasteiger partial charge >= 0.3 is 0 Å². The summed E-state index contributed by atoms with van der Waals surface area (Å²) in [4.78, 5) is 27.5. The Morgan fingerprint density at radius 3 is 2.53 bits per heavy atom. The molecule has 3 aromatic carbocycles. The monoisotopic (exact) mass is 454 g/mol. The highest BCUT2D eigenvalue weighted by molar-refractivity contribution is 6.09. The summed E-state index contributed by atoms with van der Waals surface area (Å²) in [7, 11) is 0. The molecule has 0 spiro atoms. The van der Waals surface area contributed by atoms with Crippen LogP contribution >= 0.6 is 0 Å². The van der Waals surface area contributed by atoms with Gasteiger partial charge in [-0.3, -0.25) is 14.5 Å². The van der Waals surface area contributed by atoms with Crippen LogP contribution in [0.4, 0.5) is 5.69 Å². The molecule has 0 aliphatic carbocycles. The predicted octanol–water partition coefficient (Wildman–Crippen LogP) is 5.74. The van der Waals surface area contributed by atoms with E-state index >= 15 is 0 Å². The number of anilines is 1. The van der Waals surface area contributed by atoms with Crippen LogP contribution < -0.4 is 15.0 Å². The van der Waals surface area contributed by atoms with Crippen molar-refractivity contribution in [3.05, 3.63) is 101 Å². The largest absolute Gasteiger partial charge is 0.449 e. The molecular weight excluding hydrogens is 424 g/mol. The summed E-state index contributed by atoms with van der Waals surface area (Å²) in [6, 6.07) is 22.9. The van der Waals surface area contributed by atoms with Crippen LogP contribution in [0.3, 0.4) is 0 Å². The number of amides is 2. The summed E-state index contributed by atoms with van der Waals surface area (Å²) in [5, 5.41) is 2.94. The number of ether oxygens (including phenoxy) is 1. The standard InChI is InChI=1S/C29H30N2O3/c1-20(2)15-16-30-28(32)24-13-11-22(12-14-24)18-27-29(33)31(19-23-8-6-7-21(3)17-23)25-9-4-5-10-26(25)34-27/h4-14,17-18,20H,15-16,19H2,1-3H3,(H,30,32)/b27-18+. The van der Waals surface area contributed by atoms with Gasteiger partial charge in [0.1, 0.15) is 0 Å². The van der Waals surface area contributed by atoms with Crippen LogP contribution in [-0.4, -0.2) is 18.4 Å². The highest BCUT2D eigenvalue weighted by Crippen LogP contribution is 2.36. The number of aryl methyl sites for hydroxylation is 1. The number of nitrogens with one attached hydrogen (secondary N) is 1. The van der Waals surface area contributed by atoms with Gasteiger partial charge in [-0.1, -0.05) is 67.9 Å². The summed E-state index contributed by atoms with van der Waals surface area (Å²) in [5.74, 6) is 1.14. The molecule has 1 N–H and O–H groups in total. The topological polar surface area (TPSA) is 58.6 Å². The molecule has 0 radical (unpaired) electrons. The minimum Gasteiger partial charge on any atom is -0.449 e. The molecule has 0 unspecified atom stereocenters. The molecule has 4 rings (SSSR count). The fourth-order valence-electron chi connectivity index (χ4n) is 3.87. The van der Waals surface area contributed by atoms with Crippen LogP contribution in [0, 0.1) is 12.8 Å². The van der Waals surface area contributed by atoms with Crippen LogP contribution in [0.1, 0.15) is 47.3 Å². The molecule has 174 valence electrons. The number of para-hydroxylation sites is 2. The van der Waals surface area contributed by atoms with E-state index in [4.69, 9.17) is 4.74 Å². The molecule has 34 heavy (non-hydrogen) atoms. The molecule has 0 saturated carbocycles. The van der Waals surface area contributed by atoms with Crippen LogP contribution in [0.2, 0.25) is 0 Å². The first-order chi connectivity index (χ1) is 16.4. The number of carbonyl (C=O) groups is 2. The number of fused-ring (bicyclic) bond motifs is 1. The third-order valence-corrected chi connectivity index (χ3v) is 5.73. The summed E-state index contributed by atoms with van der Waals surface area (Å²) >= 11 is 0. The van der Waals surface area contributed by atoms with Gasteiger partial charge in [-0.25, -0.2) is 0 Å². The van der Waals surface area contributed by atoms with Gasteiger partial charge in [0, 0.05) is 12.1 Å². The van der Waals surface area contributed by atoms with E-state index in [-0.39, 0.29) is 17.6 Å². The zero-order chi connectivity index (χ0) is 24.1. The lowest BCUT2D eigenvalue weighted by molar-refractivity contribution is -0.117. The minimum absolute atomic E-state index is 0.0943. The van der Waals surface area contributed by atoms with Gasteiger partial charge in [-0.2, -0.15) is 0 Å². The van der Waals surface area contributed by atoms with Gasteiger partial charge in [-0.05, 0) is 60.7 Å². The van der Waals surface area contributed by atoms with Crippen LogP contribution in [0.15, 0.2) is 78.6 Å². The van der Waals surface area contributed by atoms with Crippen molar-refractivity contribution in [1.82, 2.24) is 5.32 Å². The van der Waals surface area contributed by atoms with E-state index in [0.29, 0.717) is 30.3 Å². The Labute approximate surface area is 201 Å². The molecule has 0 aromatic heterocycles. The van der Waals surface area contributed by atoms with E-state index in [1.54, 1.807) is 23.1 Å². The molecule has 0 atom stereocenters. The first-order valence-electron chi connectivity index (χ1n) is 11.6. The Balaban J connectivity index is 1.55. The summed E-state index contributed by atoms with van der Waals surface area (Å²) in [6.45, 7) is 7.40. The first kappa shape index (κ1) is 23.3. The molecule has 0 bridgehead atoms. The molecule has 5 nitrogen and oxygen atoms in total. The quantitative estimate of drug-likeness (QED) is 0.463. The molecule has 5 heteroatoms. The molecule has 0 saturated heterocycles. The maximum absolute atomic E-state index is 13.4. The Morgan fingerprint density at radius 1 is 1.03 bits per heavy atom. The third-order valence-electron chi connectivity index (χ3n) is 5.73. The average molecular weight is 455 g/mol. The highest BCUT2D eigenvalue weighted by Gasteiger charge is 2.30. The number of hydrogen-bond donors (Lipinski definition) is 1. The van der Waals surface area contributed by atoms with Crippen molar-refractivity contribution in [2.75, 3.05) is 11.4 Å². The van der Waals surface area contributed by atoms with Gasteiger partial charge in [0.2, 0.25) is 0 Å². The molecule has 3 aromatic rings. The lowest BCUT2D eigenvalue weighted by atomic mass is 10.1. The zero-order valence-corrected chi connectivity index (χ0v) is 19.9. The highest BCUT2D eigenvalue weighted by atomic mass is 16.5. The van der Waals surface area contributed by atoms with Crippen LogP contribution in [0.5, 0.6) is 5.75 Å². The van der Waals surface area contributed by atoms with E-state index in [9.17, 15) is 9.59 Å². The maximum Gasteiger partial charge on any atom is 0.294 e. The normalized spacial score (nSPS) is 14.2. The van der Waals surface area contributed by atoms with E-state index < -0.39 is 0 Å². The molecule has 1 aliphatic heterocycles. The first-order valence-corrected chi connectivity index (χ1v) is 11.6. The van der Waals surface area contributed by atoms with Gasteiger partial charge in [-0.15, -0.1) is 0 Å². The zero-order valence-electron chi connectivity index (χ0n) is 19.9. The van der Waals surface area contributed by atoms with E-state index in [0.717, 1.165) is 28.8 Å². The minimum atomic E-state index is -0.198. The number of nitrogens with zero attached hydrogens (tertiary/aromatic N) is 1. The molecule has 1 aliphatic rings. The maximum atomic E-state index is 13.4. The molecule has 0 fully saturated rings. The summed E-state index contributed by atoms with van der Waals surface area (Å²) < 4.78 is 5.98. The molecule has 2 amide bonds. The van der Waals surface area contributed by atoms with Crippen molar-refractivity contribution in [1.29, 1.82) is 0 Å².